The average molecular weight is 234 g/mol. The summed E-state index contributed by atoms with van der Waals surface area (Å²) in [7, 11) is 1.83. The van der Waals surface area contributed by atoms with Crippen LogP contribution in [0, 0.1) is 12.3 Å². The molecule has 0 saturated carbocycles. The Balaban J connectivity index is 2.93. The van der Waals surface area contributed by atoms with Gasteiger partial charge in [0.1, 0.15) is 0 Å². The number of carbonyl (C=O) groups is 1. The van der Waals surface area contributed by atoms with Crippen LogP contribution >= 0.6 is 0 Å². The summed E-state index contributed by atoms with van der Waals surface area (Å²) in [5.41, 5.74) is 8.13. The van der Waals surface area contributed by atoms with Gasteiger partial charge >= 0.3 is 0 Å². The second-order valence-electron chi connectivity index (χ2n) is 5.74. The van der Waals surface area contributed by atoms with Crippen LogP contribution in [-0.4, -0.2) is 24.4 Å². The van der Waals surface area contributed by atoms with Crippen LogP contribution in [0.2, 0.25) is 0 Å². The van der Waals surface area contributed by atoms with Crippen molar-refractivity contribution in [2.24, 2.45) is 5.41 Å². The van der Waals surface area contributed by atoms with Gasteiger partial charge < -0.3 is 10.6 Å². The van der Waals surface area contributed by atoms with Crippen LogP contribution in [0.15, 0.2) is 18.2 Å². The Hall–Kier alpha value is -1.51. The lowest BCUT2D eigenvalue weighted by molar-refractivity contribution is 0.0745. The zero-order valence-corrected chi connectivity index (χ0v) is 11.4. The highest BCUT2D eigenvalue weighted by Crippen LogP contribution is 2.20. The molecule has 94 valence electrons. The smallest absolute Gasteiger partial charge is 0.253 e. The van der Waals surface area contributed by atoms with Crippen LogP contribution in [0.5, 0.6) is 0 Å². The molecule has 0 spiro atoms. The summed E-state index contributed by atoms with van der Waals surface area (Å²) in [6.45, 7) is 8.95. The highest BCUT2D eigenvalue weighted by Gasteiger charge is 2.20. The molecule has 0 radical (unpaired) electrons. The van der Waals surface area contributed by atoms with Crippen molar-refractivity contribution in [3.63, 3.8) is 0 Å². The maximum absolute atomic E-state index is 12.3. The monoisotopic (exact) mass is 234 g/mol. The van der Waals surface area contributed by atoms with Gasteiger partial charge in [0.2, 0.25) is 0 Å². The Morgan fingerprint density at radius 2 is 1.94 bits per heavy atom. The van der Waals surface area contributed by atoms with E-state index >= 15 is 0 Å². The molecule has 0 bridgehead atoms. The largest absolute Gasteiger partial charge is 0.398 e. The van der Waals surface area contributed by atoms with Gasteiger partial charge in [-0.05, 0) is 30.0 Å². The van der Waals surface area contributed by atoms with Crippen LogP contribution in [0.25, 0.3) is 0 Å². The summed E-state index contributed by atoms with van der Waals surface area (Å²) < 4.78 is 0. The van der Waals surface area contributed by atoms with Gasteiger partial charge in [0, 0.05) is 24.8 Å². The van der Waals surface area contributed by atoms with Crippen molar-refractivity contribution in [1.82, 2.24) is 4.90 Å². The van der Waals surface area contributed by atoms with E-state index in [0.717, 1.165) is 12.1 Å². The van der Waals surface area contributed by atoms with Gasteiger partial charge in [0.05, 0.1) is 0 Å². The molecule has 1 amide bonds. The van der Waals surface area contributed by atoms with E-state index < -0.39 is 0 Å². The SMILES string of the molecule is Cc1c(N)cccc1C(=O)N(C)CC(C)(C)C. The minimum Gasteiger partial charge on any atom is -0.398 e. The first kappa shape index (κ1) is 13.6. The molecule has 0 fully saturated rings. The molecule has 0 aromatic heterocycles. The van der Waals surface area contributed by atoms with Gasteiger partial charge in [0.15, 0.2) is 0 Å². The number of nitrogens with zero attached hydrogens (tertiary/aromatic N) is 1. The number of nitrogens with two attached hydrogens (primary N) is 1. The van der Waals surface area contributed by atoms with Gasteiger partial charge in [-0.25, -0.2) is 0 Å². The Morgan fingerprint density at radius 3 is 2.47 bits per heavy atom. The fourth-order valence-electron chi connectivity index (χ4n) is 1.87. The lowest BCUT2D eigenvalue weighted by atomic mass is 9.95. The van der Waals surface area contributed by atoms with Crippen LogP contribution in [-0.2, 0) is 0 Å². The molecule has 0 aliphatic carbocycles. The quantitative estimate of drug-likeness (QED) is 0.800. The number of hydrogen-bond acceptors (Lipinski definition) is 2. The molecule has 3 nitrogen and oxygen atoms in total. The molecule has 0 atom stereocenters. The van der Waals surface area contributed by atoms with Crippen molar-refractivity contribution in [3.05, 3.63) is 29.3 Å². The molecular formula is C14H22N2O. The summed E-state index contributed by atoms with van der Waals surface area (Å²) in [5.74, 6) is 0.0322. The van der Waals surface area contributed by atoms with Crippen molar-refractivity contribution in [2.45, 2.75) is 27.7 Å². The first-order valence-corrected chi connectivity index (χ1v) is 5.83. The average Bonchev–Trinajstić information content (AvgIpc) is 2.18. The number of nitrogen functional groups attached to an aromatic ring is 1. The van der Waals surface area contributed by atoms with E-state index in [1.165, 1.54) is 0 Å². The number of rotatable bonds is 2. The summed E-state index contributed by atoms with van der Waals surface area (Å²) in [5, 5.41) is 0. The first-order chi connectivity index (χ1) is 7.72. The Bertz CT molecular complexity index is 419. The Kier molecular flexibility index (Phi) is 3.81. The van der Waals surface area contributed by atoms with E-state index in [0.29, 0.717) is 11.3 Å². The molecular weight excluding hydrogens is 212 g/mol. The highest BCUT2D eigenvalue weighted by atomic mass is 16.2. The van der Waals surface area contributed by atoms with Gasteiger partial charge in [-0.15, -0.1) is 0 Å². The lowest BCUT2D eigenvalue weighted by Crippen LogP contribution is -2.34. The van der Waals surface area contributed by atoms with Gasteiger partial charge in [0.25, 0.3) is 5.91 Å². The lowest BCUT2D eigenvalue weighted by Gasteiger charge is -2.27. The highest BCUT2D eigenvalue weighted by molar-refractivity contribution is 5.96. The summed E-state index contributed by atoms with van der Waals surface area (Å²) in [6.07, 6.45) is 0. The number of amides is 1. The molecule has 1 aromatic rings. The third-order valence-corrected chi connectivity index (χ3v) is 2.66. The number of hydrogen-bond donors (Lipinski definition) is 1. The minimum atomic E-state index is 0.0322. The summed E-state index contributed by atoms with van der Waals surface area (Å²) >= 11 is 0. The van der Waals surface area contributed by atoms with E-state index in [1.54, 1.807) is 4.90 Å². The van der Waals surface area contributed by atoms with E-state index in [-0.39, 0.29) is 11.3 Å². The molecule has 0 saturated heterocycles. The number of carbonyl (C=O) groups excluding carboxylic acids is 1. The van der Waals surface area contributed by atoms with Crippen molar-refractivity contribution in [1.29, 1.82) is 0 Å². The Labute approximate surface area is 104 Å². The van der Waals surface area contributed by atoms with Gasteiger partial charge in [-0.3, -0.25) is 4.79 Å². The van der Waals surface area contributed by atoms with Crippen molar-refractivity contribution < 1.29 is 4.79 Å². The fraction of sp³-hybridized carbons (Fsp3) is 0.500. The van der Waals surface area contributed by atoms with Crippen molar-refractivity contribution >= 4 is 11.6 Å². The number of benzene rings is 1. The van der Waals surface area contributed by atoms with Gasteiger partial charge in [-0.2, -0.15) is 0 Å². The second-order valence-corrected chi connectivity index (χ2v) is 5.74. The maximum atomic E-state index is 12.3. The van der Waals surface area contributed by atoms with Crippen LogP contribution < -0.4 is 5.73 Å². The molecule has 1 aromatic carbocycles. The van der Waals surface area contributed by atoms with Crippen LogP contribution in [0.1, 0.15) is 36.7 Å². The molecule has 0 unspecified atom stereocenters. The zero-order chi connectivity index (χ0) is 13.2. The predicted molar refractivity (Wildman–Crippen MR) is 72.0 cm³/mol. The predicted octanol–water partition coefficient (Wildman–Crippen LogP) is 2.70. The first-order valence-electron chi connectivity index (χ1n) is 5.83. The van der Waals surface area contributed by atoms with Crippen LogP contribution in [0.3, 0.4) is 0 Å². The molecule has 0 heterocycles. The Morgan fingerprint density at radius 1 is 1.35 bits per heavy atom. The topological polar surface area (TPSA) is 46.3 Å². The normalized spacial score (nSPS) is 11.4. The van der Waals surface area contributed by atoms with E-state index in [2.05, 4.69) is 20.8 Å². The van der Waals surface area contributed by atoms with E-state index in [9.17, 15) is 4.79 Å². The second kappa shape index (κ2) is 4.78. The zero-order valence-electron chi connectivity index (χ0n) is 11.4. The molecule has 1 rings (SSSR count). The van der Waals surface area contributed by atoms with Crippen molar-refractivity contribution in [2.75, 3.05) is 19.3 Å². The standard InChI is InChI=1S/C14H22N2O/c1-10-11(7-6-8-12(10)15)13(17)16(5)9-14(2,3)4/h6-8H,9,15H2,1-5H3. The third kappa shape index (κ3) is 3.48. The van der Waals surface area contributed by atoms with E-state index in [1.807, 2.05) is 32.2 Å². The summed E-state index contributed by atoms with van der Waals surface area (Å²) in [4.78, 5) is 14.0. The third-order valence-electron chi connectivity index (χ3n) is 2.66. The molecule has 2 N–H and O–H groups in total. The number of anilines is 1. The van der Waals surface area contributed by atoms with Crippen molar-refractivity contribution in [3.8, 4) is 0 Å². The minimum absolute atomic E-state index is 0.0322. The molecule has 0 aliphatic rings. The molecule has 3 heteroatoms. The van der Waals surface area contributed by atoms with E-state index in [4.69, 9.17) is 5.73 Å². The fourth-order valence-corrected chi connectivity index (χ4v) is 1.87. The maximum Gasteiger partial charge on any atom is 0.253 e. The van der Waals surface area contributed by atoms with Gasteiger partial charge in [-0.1, -0.05) is 26.8 Å². The molecule has 0 aliphatic heterocycles. The van der Waals surface area contributed by atoms with Crippen LogP contribution in [0.4, 0.5) is 5.69 Å². The summed E-state index contributed by atoms with van der Waals surface area (Å²) in [6, 6.07) is 5.46. The molecule has 17 heavy (non-hydrogen) atoms.